The third-order valence-electron chi connectivity index (χ3n) is 5.66. The van der Waals surface area contributed by atoms with E-state index in [0.29, 0.717) is 50.9 Å². The van der Waals surface area contributed by atoms with Gasteiger partial charge in [-0.15, -0.1) is 0 Å². The number of H-pyrrole nitrogens is 2. The first kappa shape index (κ1) is 22.6. The number of ether oxygens (including phenoxy) is 1. The number of carbonyl (C=O) groups excluding carboxylic acids is 1. The molecule has 2 aromatic rings. The van der Waals surface area contributed by atoms with Gasteiger partial charge in [-0.25, -0.2) is 28.0 Å². The van der Waals surface area contributed by atoms with Crippen molar-refractivity contribution in [3.05, 3.63) is 34.1 Å². The van der Waals surface area contributed by atoms with Crippen LogP contribution in [0.3, 0.4) is 0 Å². The van der Waals surface area contributed by atoms with Crippen LogP contribution in [-0.2, 0) is 14.8 Å². The second-order valence-corrected chi connectivity index (χ2v) is 9.92. The summed E-state index contributed by atoms with van der Waals surface area (Å²) in [7, 11) is -3.65. The van der Waals surface area contributed by atoms with E-state index in [1.807, 2.05) is 4.90 Å². The van der Waals surface area contributed by atoms with Gasteiger partial charge in [0.1, 0.15) is 11.1 Å². The largest absolute Gasteiger partial charge is 0.444 e. The van der Waals surface area contributed by atoms with Crippen molar-refractivity contribution < 1.29 is 17.9 Å². The molecule has 32 heavy (non-hydrogen) atoms. The van der Waals surface area contributed by atoms with Crippen LogP contribution in [0.25, 0.3) is 0 Å². The van der Waals surface area contributed by atoms with Crippen molar-refractivity contribution >= 4 is 33.4 Å². The molecule has 4 N–H and O–H groups in total. The third kappa shape index (κ3) is 5.22. The predicted octanol–water partition coefficient (Wildman–Crippen LogP) is 0.741. The zero-order chi connectivity index (χ0) is 22.7. The second kappa shape index (κ2) is 9.46. The molecule has 4 rings (SSSR count). The number of alkyl carbamates (subject to hydrolysis) is 1. The van der Waals surface area contributed by atoms with Crippen molar-refractivity contribution in [2.75, 3.05) is 18.0 Å². The number of sulfonamides is 1. The standard InChI is InChI=1S/C18H24ClN7O5S/c19-16-14(7-22-24-17(16)27)26-6-5-13(9-26)31-18(28)23-11-1-3-12(4-2-11)25-32(29,30)15-8-20-10-21-15/h7-8,10-13,25H,1-6,9H2,(H,20,21)(H,23,28)(H,24,27)/t11-,12-,13-/m1/s1. The summed E-state index contributed by atoms with van der Waals surface area (Å²) in [5, 5.41) is 8.92. The van der Waals surface area contributed by atoms with E-state index in [-0.39, 0.29) is 28.2 Å². The van der Waals surface area contributed by atoms with E-state index in [2.05, 4.69) is 30.2 Å². The Hall–Kier alpha value is -2.64. The van der Waals surface area contributed by atoms with Gasteiger partial charge >= 0.3 is 6.09 Å². The zero-order valence-electron chi connectivity index (χ0n) is 17.1. The molecule has 1 aliphatic heterocycles. The summed E-state index contributed by atoms with van der Waals surface area (Å²) in [5.74, 6) is 0. The van der Waals surface area contributed by atoms with Crippen LogP contribution in [0.15, 0.2) is 28.5 Å². The van der Waals surface area contributed by atoms with Crippen LogP contribution in [0, 0.1) is 0 Å². The maximum atomic E-state index is 12.3. The highest BCUT2D eigenvalue weighted by Gasteiger charge is 2.30. The summed E-state index contributed by atoms with van der Waals surface area (Å²) in [5.41, 5.74) is 0.0473. The molecule has 0 bridgehead atoms. The van der Waals surface area contributed by atoms with E-state index in [1.54, 1.807) is 0 Å². The smallest absolute Gasteiger partial charge is 0.407 e. The van der Waals surface area contributed by atoms with Gasteiger partial charge in [-0.2, -0.15) is 5.10 Å². The third-order valence-corrected chi connectivity index (χ3v) is 7.44. The summed E-state index contributed by atoms with van der Waals surface area (Å²) in [6, 6.07) is -0.293. The normalized spacial score (nSPS) is 23.8. The SMILES string of the molecule is O=C(N[C@H]1CC[C@H](NS(=O)(=O)c2c[nH]cn2)CC1)O[C@@H]1CCN(c2cn[nH]c(=O)c2Cl)C1. The summed E-state index contributed by atoms with van der Waals surface area (Å²) in [6.45, 7) is 1.00. The molecule has 14 heteroatoms. The maximum Gasteiger partial charge on any atom is 0.407 e. The van der Waals surface area contributed by atoms with E-state index >= 15 is 0 Å². The lowest BCUT2D eigenvalue weighted by Gasteiger charge is -2.29. The molecule has 3 heterocycles. The highest BCUT2D eigenvalue weighted by atomic mass is 35.5. The van der Waals surface area contributed by atoms with E-state index in [1.165, 1.54) is 18.7 Å². The molecule has 2 aromatic heterocycles. The van der Waals surface area contributed by atoms with Gasteiger partial charge in [-0.05, 0) is 25.7 Å². The molecule has 1 aliphatic carbocycles. The molecule has 1 amide bonds. The quantitative estimate of drug-likeness (QED) is 0.465. The van der Waals surface area contributed by atoms with Crippen LogP contribution in [0.4, 0.5) is 10.5 Å². The van der Waals surface area contributed by atoms with E-state index in [4.69, 9.17) is 16.3 Å². The minimum absolute atomic E-state index is 0.0379. The van der Waals surface area contributed by atoms with Gasteiger partial charge in [-0.1, -0.05) is 11.6 Å². The Morgan fingerprint density at radius 3 is 2.69 bits per heavy atom. The number of halogens is 1. The number of carbonyl (C=O) groups is 1. The van der Waals surface area contributed by atoms with Crippen molar-refractivity contribution in [3.8, 4) is 0 Å². The molecule has 2 fully saturated rings. The second-order valence-electron chi connectivity index (χ2n) is 7.88. The number of anilines is 1. The molecule has 174 valence electrons. The van der Waals surface area contributed by atoms with Gasteiger partial charge in [0, 0.05) is 31.2 Å². The first-order chi connectivity index (χ1) is 15.3. The maximum absolute atomic E-state index is 12.3. The molecular formula is C18H24ClN7O5S. The molecule has 12 nitrogen and oxygen atoms in total. The van der Waals surface area contributed by atoms with Crippen LogP contribution in [0.1, 0.15) is 32.1 Å². The summed E-state index contributed by atoms with van der Waals surface area (Å²) in [4.78, 5) is 32.2. The van der Waals surface area contributed by atoms with Crippen molar-refractivity contribution in [1.29, 1.82) is 0 Å². The number of aromatic nitrogens is 4. The first-order valence-electron chi connectivity index (χ1n) is 10.3. The summed E-state index contributed by atoms with van der Waals surface area (Å²) >= 11 is 6.04. The Morgan fingerprint density at radius 2 is 1.97 bits per heavy atom. The minimum atomic E-state index is -3.65. The van der Waals surface area contributed by atoms with Crippen molar-refractivity contribution in [3.63, 3.8) is 0 Å². The topological polar surface area (TPSA) is 162 Å². The minimum Gasteiger partial charge on any atom is -0.444 e. The van der Waals surface area contributed by atoms with E-state index < -0.39 is 21.7 Å². The van der Waals surface area contributed by atoms with Crippen LogP contribution in [0.5, 0.6) is 0 Å². The van der Waals surface area contributed by atoms with Gasteiger partial charge in [0.05, 0.1) is 24.8 Å². The number of hydrogen-bond donors (Lipinski definition) is 4. The molecule has 1 saturated heterocycles. The molecule has 0 spiro atoms. The molecule has 0 radical (unpaired) electrons. The predicted molar refractivity (Wildman–Crippen MR) is 115 cm³/mol. The van der Waals surface area contributed by atoms with Crippen molar-refractivity contribution in [2.45, 2.75) is 55.3 Å². The molecule has 1 saturated carbocycles. The summed E-state index contributed by atoms with van der Waals surface area (Å²) in [6.07, 6.45) is 6.35. The lowest BCUT2D eigenvalue weighted by atomic mass is 9.92. The Labute approximate surface area is 189 Å². The molecular weight excluding hydrogens is 462 g/mol. The first-order valence-corrected chi connectivity index (χ1v) is 12.1. The number of rotatable bonds is 6. The van der Waals surface area contributed by atoms with Crippen molar-refractivity contribution in [1.82, 2.24) is 30.2 Å². The highest BCUT2D eigenvalue weighted by molar-refractivity contribution is 7.89. The molecule has 0 unspecified atom stereocenters. The number of nitrogens with zero attached hydrogens (tertiary/aromatic N) is 3. The van der Waals surface area contributed by atoms with Crippen LogP contribution in [0.2, 0.25) is 5.02 Å². The van der Waals surface area contributed by atoms with E-state index in [9.17, 15) is 18.0 Å². The molecule has 1 atom stereocenters. The van der Waals surface area contributed by atoms with Crippen LogP contribution >= 0.6 is 11.6 Å². The van der Waals surface area contributed by atoms with Gasteiger partial charge in [0.25, 0.3) is 15.6 Å². The average molecular weight is 486 g/mol. The lowest BCUT2D eigenvalue weighted by Crippen LogP contribution is -2.44. The number of amides is 1. The van der Waals surface area contributed by atoms with E-state index in [0.717, 1.165) is 0 Å². The Kier molecular flexibility index (Phi) is 6.67. The molecule has 0 aromatic carbocycles. The summed E-state index contributed by atoms with van der Waals surface area (Å²) < 4.78 is 32.7. The van der Waals surface area contributed by atoms with Gasteiger partial charge in [-0.3, -0.25) is 4.79 Å². The van der Waals surface area contributed by atoms with Crippen molar-refractivity contribution in [2.24, 2.45) is 0 Å². The highest BCUT2D eigenvalue weighted by Crippen LogP contribution is 2.26. The Bertz CT molecular complexity index is 1100. The number of nitrogens with one attached hydrogen (secondary N) is 4. The fourth-order valence-corrected chi connectivity index (χ4v) is 5.44. The number of imidazole rings is 1. The monoisotopic (exact) mass is 485 g/mol. The van der Waals surface area contributed by atoms with Crippen LogP contribution in [-0.4, -0.2) is 66.0 Å². The number of aromatic amines is 2. The number of hydrogen-bond acceptors (Lipinski definition) is 8. The van der Waals surface area contributed by atoms with Gasteiger partial charge in [0.15, 0.2) is 5.03 Å². The average Bonchev–Trinajstić information content (AvgIpc) is 3.44. The Morgan fingerprint density at radius 1 is 1.22 bits per heavy atom. The Balaban J connectivity index is 1.21. The lowest BCUT2D eigenvalue weighted by molar-refractivity contribution is 0.102. The van der Waals surface area contributed by atoms with Crippen LogP contribution < -0.4 is 20.5 Å². The van der Waals surface area contributed by atoms with Gasteiger partial charge in [0.2, 0.25) is 0 Å². The fourth-order valence-electron chi connectivity index (χ4n) is 4.02. The molecule has 2 aliphatic rings. The zero-order valence-corrected chi connectivity index (χ0v) is 18.7. The van der Waals surface area contributed by atoms with Gasteiger partial charge < -0.3 is 19.9 Å². The fraction of sp³-hybridized carbons (Fsp3) is 0.556.